The van der Waals surface area contributed by atoms with Crippen molar-refractivity contribution in [2.24, 2.45) is 0 Å². The number of furan rings is 1. The maximum atomic E-state index is 13.2. The van der Waals surface area contributed by atoms with Crippen LogP contribution in [0.3, 0.4) is 0 Å². The summed E-state index contributed by atoms with van der Waals surface area (Å²) in [5, 5.41) is 0. The van der Waals surface area contributed by atoms with E-state index in [4.69, 9.17) is 4.42 Å². The van der Waals surface area contributed by atoms with Crippen molar-refractivity contribution in [3.63, 3.8) is 0 Å². The Morgan fingerprint density at radius 2 is 1.84 bits per heavy atom. The topological polar surface area (TPSA) is 78.1 Å². The summed E-state index contributed by atoms with van der Waals surface area (Å²) in [6.45, 7) is 11.9. The molecule has 1 unspecified atom stereocenters. The van der Waals surface area contributed by atoms with Gasteiger partial charge in [-0.25, -0.2) is 4.98 Å². The predicted octanol–water partition coefficient (Wildman–Crippen LogP) is 1.38. The standard InChI is InChI=1S/C23H34N6O3/c1-3-26-10-7-24-21(26)18-25-8-5-9-27(12-11-25)19(2)22(30)28-13-15-29(16-14-28)23(31)20-6-4-17-32-20/h4,6-7,10,17,19H,3,5,8-9,11-16,18H2,1-2H3. The average molecular weight is 443 g/mol. The number of amides is 2. The molecule has 9 nitrogen and oxygen atoms in total. The molecule has 2 amide bonds. The molecule has 0 radical (unpaired) electrons. The maximum absolute atomic E-state index is 13.2. The SMILES string of the molecule is CCn1ccnc1CN1CCCN(C(C)C(=O)N2CCN(C(=O)c3ccco3)CC2)CC1. The molecule has 0 aromatic carbocycles. The molecule has 0 spiro atoms. The number of imidazole rings is 1. The number of carbonyl (C=O) groups is 2. The highest BCUT2D eigenvalue weighted by Gasteiger charge is 2.31. The first kappa shape index (κ1) is 22.5. The third kappa shape index (κ3) is 5.05. The average Bonchev–Trinajstić information content (AvgIpc) is 3.46. The monoisotopic (exact) mass is 442 g/mol. The van der Waals surface area contributed by atoms with E-state index in [1.54, 1.807) is 17.0 Å². The molecular formula is C23H34N6O3. The summed E-state index contributed by atoms with van der Waals surface area (Å²) in [5.74, 6) is 1.51. The van der Waals surface area contributed by atoms with Crippen LogP contribution in [-0.4, -0.2) is 99.4 Å². The molecule has 2 aromatic rings. The zero-order chi connectivity index (χ0) is 22.5. The molecule has 32 heavy (non-hydrogen) atoms. The second-order valence-electron chi connectivity index (χ2n) is 8.57. The third-order valence-corrected chi connectivity index (χ3v) is 6.65. The van der Waals surface area contributed by atoms with Crippen molar-refractivity contribution in [3.8, 4) is 0 Å². The van der Waals surface area contributed by atoms with Gasteiger partial charge < -0.3 is 18.8 Å². The largest absolute Gasteiger partial charge is 0.459 e. The van der Waals surface area contributed by atoms with Crippen molar-refractivity contribution < 1.29 is 14.0 Å². The van der Waals surface area contributed by atoms with Gasteiger partial charge in [-0.05, 0) is 38.9 Å². The third-order valence-electron chi connectivity index (χ3n) is 6.65. The first-order valence-electron chi connectivity index (χ1n) is 11.6. The van der Waals surface area contributed by atoms with Crippen LogP contribution in [-0.2, 0) is 17.9 Å². The van der Waals surface area contributed by atoms with Gasteiger partial charge in [0.15, 0.2) is 5.76 Å². The van der Waals surface area contributed by atoms with Crippen LogP contribution >= 0.6 is 0 Å². The number of rotatable bonds is 6. The van der Waals surface area contributed by atoms with Gasteiger partial charge in [0.05, 0.1) is 18.8 Å². The Kier molecular flexibility index (Phi) is 7.26. The molecule has 4 rings (SSSR count). The summed E-state index contributed by atoms with van der Waals surface area (Å²) < 4.78 is 7.40. The smallest absolute Gasteiger partial charge is 0.289 e. The molecule has 2 aliphatic heterocycles. The van der Waals surface area contributed by atoms with E-state index < -0.39 is 0 Å². The van der Waals surface area contributed by atoms with Gasteiger partial charge >= 0.3 is 0 Å². The van der Waals surface area contributed by atoms with Gasteiger partial charge in [-0.1, -0.05) is 0 Å². The number of aryl methyl sites for hydroxylation is 1. The molecule has 2 aliphatic rings. The minimum atomic E-state index is -0.153. The minimum absolute atomic E-state index is 0.105. The van der Waals surface area contributed by atoms with Gasteiger partial charge in [-0.3, -0.25) is 19.4 Å². The van der Waals surface area contributed by atoms with Crippen LogP contribution in [0.25, 0.3) is 0 Å². The lowest BCUT2D eigenvalue weighted by Crippen LogP contribution is -2.55. The van der Waals surface area contributed by atoms with Crippen LogP contribution in [0, 0.1) is 0 Å². The van der Waals surface area contributed by atoms with Crippen LogP contribution in [0.15, 0.2) is 35.2 Å². The predicted molar refractivity (Wildman–Crippen MR) is 120 cm³/mol. The molecule has 9 heteroatoms. The fourth-order valence-corrected chi connectivity index (χ4v) is 4.62. The molecule has 0 N–H and O–H groups in total. The van der Waals surface area contributed by atoms with E-state index in [9.17, 15) is 9.59 Å². The van der Waals surface area contributed by atoms with Crippen LogP contribution in [0.2, 0.25) is 0 Å². The van der Waals surface area contributed by atoms with Crippen molar-refractivity contribution in [1.29, 1.82) is 0 Å². The highest BCUT2D eigenvalue weighted by Crippen LogP contribution is 2.15. The second-order valence-corrected chi connectivity index (χ2v) is 8.57. The molecule has 4 heterocycles. The van der Waals surface area contributed by atoms with E-state index in [1.165, 1.54) is 6.26 Å². The Morgan fingerprint density at radius 3 is 2.56 bits per heavy atom. The quantitative estimate of drug-likeness (QED) is 0.673. The molecule has 174 valence electrons. The van der Waals surface area contributed by atoms with Gasteiger partial charge in [0.2, 0.25) is 5.91 Å². The van der Waals surface area contributed by atoms with Gasteiger partial charge in [-0.15, -0.1) is 0 Å². The number of aromatic nitrogens is 2. The number of piperazine rings is 1. The van der Waals surface area contributed by atoms with Crippen LogP contribution in [0.5, 0.6) is 0 Å². The molecule has 2 fully saturated rings. The fraction of sp³-hybridized carbons (Fsp3) is 0.609. The van der Waals surface area contributed by atoms with E-state index >= 15 is 0 Å². The molecule has 0 aliphatic carbocycles. The summed E-state index contributed by atoms with van der Waals surface area (Å²) in [7, 11) is 0. The fourth-order valence-electron chi connectivity index (χ4n) is 4.62. The van der Waals surface area contributed by atoms with Crippen LogP contribution in [0.4, 0.5) is 0 Å². The van der Waals surface area contributed by atoms with Crippen molar-refractivity contribution in [1.82, 2.24) is 29.2 Å². The normalized spacial score (nSPS) is 19.7. The maximum Gasteiger partial charge on any atom is 0.289 e. The summed E-state index contributed by atoms with van der Waals surface area (Å²) in [4.78, 5) is 38.5. The summed E-state index contributed by atoms with van der Waals surface area (Å²) in [6, 6.07) is 3.25. The van der Waals surface area contributed by atoms with Crippen LogP contribution < -0.4 is 0 Å². The van der Waals surface area contributed by atoms with Crippen molar-refractivity contribution in [2.45, 2.75) is 39.4 Å². The Labute approximate surface area is 189 Å². The Balaban J connectivity index is 1.26. The number of hydrogen-bond donors (Lipinski definition) is 0. The van der Waals surface area contributed by atoms with E-state index in [1.807, 2.05) is 24.2 Å². The molecule has 0 bridgehead atoms. The Hall–Kier alpha value is -2.65. The Morgan fingerprint density at radius 1 is 1.06 bits per heavy atom. The van der Waals surface area contributed by atoms with Crippen molar-refractivity contribution in [2.75, 3.05) is 52.4 Å². The lowest BCUT2D eigenvalue weighted by atomic mass is 10.2. The zero-order valence-corrected chi connectivity index (χ0v) is 19.2. The zero-order valence-electron chi connectivity index (χ0n) is 19.2. The lowest BCUT2D eigenvalue weighted by molar-refractivity contribution is -0.137. The van der Waals surface area contributed by atoms with E-state index in [0.717, 1.165) is 51.5 Å². The summed E-state index contributed by atoms with van der Waals surface area (Å²) in [5.41, 5.74) is 0. The highest BCUT2D eigenvalue weighted by atomic mass is 16.3. The number of carbonyl (C=O) groups excluding carboxylic acids is 2. The first-order chi connectivity index (χ1) is 15.6. The molecule has 2 saturated heterocycles. The minimum Gasteiger partial charge on any atom is -0.459 e. The van der Waals surface area contributed by atoms with Gasteiger partial charge in [0.1, 0.15) is 5.82 Å². The molecule has 2 aromatic heterocycles. The molecule has 1 atom stereocenters. The van der Waals surface area contributed by atoms with Gasteiger partial charge in [0, 0.05) is 64.8 Å². The number of hydrogen-bond acceptors (Lipinski definition) is 6. The van der Waals surface area contributed by atoms with Gasteiger partial charge in [-0.2, -0.15) is 0 Å². The first-order valence-corrected chi connectivity index (χ1v) is 11.6. The van der Waals surface area contributed by atoms with E-state index in [2.05, 4.69) is 26.3 Å². The second kappa shape index (κ2) is 10.3. The van der Waals surface area contributed by atoms with E-state index in [0.29, 0.717) is 31.9 Å². The van der Waals surface area contributed by atoms with Gasteiger partial charge in [0.25, 0.3) is 5.91 Å². The van der Waals surface area contributed by atoms with Crippen molar-refractivity contribution in [3.05, 3.63) is 42.4 Å². The lowest BCUT2D eigenvalue weighted by Gasteiger charge is -2.37. The van der Waals surface area contributed by atoms with Crippen molar-refractivity contribution >= 4 is 11.8 Å². The summed E-state index contributed by atoms with van der Waals surface area (Å²) in [6.07, 6.45) is 6.44. The highest BCUT2D eigenvalue weighted by molar-refractivity contribution is 5.91. The molecular weight excluding hydrogens is 408 g/mol. The Bertz CT molecular complexity index is 887. The molecule has 0 saturated carbocycles. The van der Waals surface area contributed by atoms with E-state index in [-0.39, 0.29) is 17.9 Å². The number of nitrogens with zero attached hydrogens (tertiary/aromatic N) is 6. The van der Waals surface area contributed by atoms with Crippen LogP contribution in [0.1, 0.15) is 36.6 Å². The summed E-state index contributed by atoms with van der Waals surface area (Å²) >= 11 is 0.